The van der Waals surface area contributed by atoms with Gasteiger partial charge in [-0.2, -0.15) is 0 Å². The largest absolute Gasteiger partial charge is 0.352 e. The zero-order chi connectivity index (χ0) is 15.6. The summed E-state index contributed by atoms with van der Waals surface area (Å²) in [7, 11) is 3.57. The number of fused-ring (bicyclic) bond motifs is 1. The smallest absolute Gasteiger partial charge is 0.273 e. The lowest BCUT2D eigenvalue weighted by Gasteiger charge is -2.11. The summed E-state index contributed by atoms with van der Waals surface area (Å²) in [6, 6.07) is 0. The van der Waals surface area contributed by atoms with Crippen molar-refractivity contribution in [3.63, 3.8) is 0 Å². The summed E-state index contributed by atoms with van der Waals surface area (Å²) in [5.74, 6) is -0.0229. The SMILES string of the molecule is CNCCC(=O)NCc1c(C)nc2c(c1C)c(=O)[nH]n2C.Cl.Cl. The minimum Gasteiger partial charge on any atom is -0.352 e. The Morgan fingerprint density at radius 1 is 1.30 bits per heavy atom. The second-order valence-corrected chi connectivity index (χ2v) is 5.13. The van der Waals surface area contributed by atoms with Crippen LogP contribution in [0.5, 0.6) is 0 Å². The minimum atomic E-state index is -0.153. The minimum absolute atomic E-state index is 0. The number of carbonyl (C=O) groups is 1. The fourth-order valence-corrected chi connectivity index (χ4v) is 2.42. The number of aromatic amines is 1. The Labute approximate surface area is 147 Å². The van der Waals surface area contributed by atoms with Crippen LogP contribution < -0.4 is 16.2 Å². The zero-order valence-corrected chi connectivity index (χ0v) is 15.3. The first-order valence-corrected chi connectivity index (χ1v) is 6.91. The number of pyridine rings is 1. The predicted molar refractivity (Wildman–Crippen MR) is 95.7 cm³/mol. The average molecular weight is 364 g/mol. The van der Waals surface area contributed by atoms with Crippen LogP contribution in [0.25, 0.3) is 11.0 Å². The van der Waals surface area contributed by atoms with E-state index in [0.29, 0.717) is 30.5 Å². The monoisotopic (exact) mass is 363 g/mol. The van der Waals surface area contributed by atoms with Crippen LogP contribution in [0.15, 0.2) is 4.79 Å². The number of aryl methyl sites for hydroxylation is 3. The molecule has 2 heterocycles. The van der Waals surface area contributed by atoms with Gasteiger partial charge >= 0.3 is 0 Å². The number of nitrogens with zero attached hydrogens (tertiary/aromatic N) is 2. The first-order valence-electron chi connectivity index (χ1n) is 6.91. The third kappa shape index (κ3) is 4.46. The molecule has 7 nitrogen and oxygen atoms in total. The molecule has 9 heteroatoms. The molecule has 130 valence electrons. The first-order chi connectivity index (χ1) is 9.95. The van der Waals surface area contributed by atoms with Gasteiger partial charge in [0.25, 0.3) is 5.56 Å². The van der Waals surface area contributed by atoms with Gasteiger partial charge in [-0.1, -0.05) is 0 Å². The summed E-state index contributed by atoms with van der Waals surface area (Å²) >= 11 is 0. The van der Waals surface area contributed by atoms with Gasteiger partial charge < -0.3 is 10.6 Å². The summed E-state index contributed by atoms with van der Waals surface area (Å²) in [4.78, 5) is 28.1. The molecule has 2 aromatic rings. The summed E-state index contributed by atoms with van der Waals surface area (Å²) < 4.78 is 1.62. The molecule has 2 aromatic heterocycles. The summed E-state index contributed by atoms with van der Waals surface area (Å²) in [6.45, 7) is 4.80. The van der Waals surface area contributed by atoms with Gasteiger partial charge in [0.05, 0.1) is 5.39 Å². The highest BCUT2D eigenvalue weighted by Crippen LogP contribution is 2.19. The van der Waals surface area contributed by atoms with E-state index in [1.165, 1.54) is 0 Å². The summed E-state index contributed by atoms with van der Waals surface area (Å²) in [5.41, 5.74) is 3.08. The van der Waals surface area contributed by atoms with Gasteiger partial charge in [-0.15, -0.1) is 24.8 Å². The van der Waals surface area contributed by atoms with Crippen LogP contribution in [0.1, 0.15) is 23.2 Å². The van der Waals surface area contributed by atoms with Crippen LogP contribution in [-0.2, 0) is 18.4 Å². The molecule has 0 saturated carbocycles. The number of rotatable bonds is 5. The van der Waals surface area contributed by atoms with Crippen LogP contribution in [0, 0.1) is 13.8 Å². The summed E-state index contributed by atoms with van der Waals surface area (Å²) in [6.07, 6.45) is 0.427. The molecule has 1 amide bonds. The summed E-state index contributed by atoms with van der Waals surface area (Å²) in [5, 5.41) is 9.09. The van der Waals surface area contributed by atoms with E-state index >= 15 is 0 Å². The number of H-pyrrole nitrogens is 1. The lowest BCUT2D eigenvalue weighted by atomic mass is 10.0. The molecule has 0 fully saturated rings. The zero-order valence-electron chi connectivity index (χ0n) is 13.6. The topological polar surface area (TPSA) is 91.8 Å². The molecule has 0 atom stereocenters. The van der Waals surface area contributed by atoms with E-state index < -0.39 is 0 Å². The van der Waals surface area contributed by atoms with Crippen molar-refractivity contribution in [1.82, 2.24) is 25.4 Å². The van der Waals surface area contributed by atoms with Gasteiger partial charge in [-0.25, -0.2) is 4.98 Å². The number of aromatic nitrogens is 3. The Balaban J connectivity index is 0.00000242. The Morgan fingerprint density at radius 3 is 2.57 bits per heavy atom. The molecule has 0 radical (unpaired) electrons. The van der Waals surface area contributed by atoms with Crippen molar-refractivity contribution in [2.24, 2.45) is 7.05 Å². The van der Waals surface area contributed by atoms with Crippen molar-refractivity contribution in [1.29, 1.82) is 0 Å². The van der Waals surface area contributed by atoms with E-state index in [2.05, 4.69) is 20.7 Å². The molecule has 0 aromatic carbocycles. The van der Waals surface area contributed by atoms with Crippen LogP contribution >= 0.6 is 24.8 Å². The number of carbonyl (C=O) groups excluding carboxylic acids is 1. The van der Waals surface area contributed by atoms with Crippen LogP contribution in [0.4, 0.5) is 0 Å². The molecule has 0 saturated heterocycles. The predicted octanol–water partition coefficient (Wildman–Crippen LogP) is 0.948. The molecule has 0 unspecified atom stereocenters. The highest BCUT2D eigenvalue weighted by Gasteiger charge is 2.15. The fraction of sp³-hybridized carbons (Fsp3) is 0.500. The van der Waals surface area contributed by atoms with Gasteiger partial charge in [-0.3, -0.25) is 19.4 Å². The Morgan fingerprint density at radius 2 is 1.96 bits per heavy atom. The van der Waals surface area contributed by atoms with E-state index in [4.69, 9.17) is 0 Å². The lowest BCUT2D eigenvalue weighted by molar-refractivity contribution is -0.121. The van der Waals surface area contributed by atoms with E-state index in [1.807, 2.05) is 13.8 Å². The molecule has 0 aliphatic carbocycles. The van der Waals surface area contributed by atoms with Gasteiger partial charge in [0, 0.05) is 32.3 Å². The van der Waals surface area contributed by atoms with Crippen LogP contribution in [0.2, 0.25) is 0 Å². The van der Waals surface area contributed by atoms with Gasteiger partial charge in [0.2, 0.25) is 5.91 Å². The second-order valence-electron chi connectivity index (χ2n) is 5.13. The molecular formula is C14H23Cl2N5O2. The fourth-order valence-electron chi connectivity index (χ4n) is 2.42. The number of hydrogen-bond donors (Lipinski definition) is 3. The van der Waals surface area contributed by atoms with Crippen LogP contribution in [-0.4, -0.2) is 34.3 Å². The maximum Gasteiger partial charge on any atom is 0.273 e. The number of hydrogen-bond acceptors (Lipinski definition) is 4. The van der Waals surface area contributed by atoms with Crippen LogP contribution in [0.3, 0.4) is 0 Å². The van der Waals surface area contributed by atoms with E-state index in [0.717, 1.165) is 16.8 Å². The van der Waals surface area contributed by atoms with Crippen molar-refractivity contribution >= 4 is 41.8 Å². The molecule has 0 bridgehead atoms. The van der Waals surface area contributed by atoms with Crippen molar-refractivity contribution < 1.29 is 4.79 Å². The van der Waals surface area contributed by atoms with Crippen molar-refractivity contribution in [3.8, 4) is 0 Å². The quantitative estimate of drug-likeness (QED) is 0.737. The maximum absolute atomic E-state index is 12.0. The molecule has 2 rings (SSSR count). The van der Waals surface area contributed by atoms with Gasteiger partial charge in [0.15, 0.2) is 5.65 Å². The number of halogens is 2. The standard InChI is InChI=1S/C14H21N5O2.2ClH/c1-8-10(7-16-11(20)5-6-15-3)9(2)17-13-12(8)14(21)18-19(13)4;;/h15H,5-7H2,1-4H3,(H,16,20)(H,18,21);2*1H. The Kier molecular flexibility index (Phi) is 8.30. The Hall–Kier alpha value is -1.57. The molecule has 0 aliphatic rings. The third-order valence-electron chi connectivity index (χ3n) is 3.64. The lowest BCUT2D eigenvalue weighted by Crippen LogP contribution is -2.27. The van der Waals surface area contributed by atoms with Gasteiger partial charge in [-0.05, 0) is 32.0 Å². The third-order valence-corrected chi connectivity index (χ3v) is 3.64. The van der Waals surface area contributed by atoms with Crippen molar-refractivity contribution in [3.05, 3.63) is 27.2 Å². The molecule has 23 heavy (non-hydrogen) atoms. The van der Waals surface area contributed by atoms with Crippen molar-refractivity contribution in [2.75, 3.05) is 13.6 Å². The second kappa shape index (κ2) is 8.90. The Bertz CT molecular complexity index is 739. The maximum atomic E-state index is 12.0. The highest BCUT2D eigenvalue weighted by molar-refractivity contribution is 5.85. The van der Waals surface area contributed by atoms with E-state index in [-0.39, 0.29) is 36.3 Å². The van der Waals surface area contributed by atoms with Crippen molar-refractivity contribution in [2.45, 2.75) is 26.8 Å². The molecular weight excluding hydrogens is 341 g/mol. The first kappa shape index (κ1) is 21.4. The highest BCUT2D eigenvalue weighted by atomic mass is 35.5. The molecule has 0 aliphatic heterocycles. The van der Waals surface area contributed by atoms with Gasteiger partial charge in [0.1, 0.15) is 0 Å². The van der Waals surface area contributed by atoms with E-state index in [9.17, 15) is 9.59 Å². The molecule has 0 spiro atoms. The molecule has 3 N–H and O–H groups in total. The normalized spacial score (nSPS) is 10.1. The average Bonchev–Trinajstić information content (AvgIpc) is 2.71. The number of amides is 1. The van der Waals surface area contributed by atoms with E-state index in [1.54, 1.807) is 18.8 Å². The number of nitrogens with one attached hydrogen (secondary N) is 3.